The number of carboxylic acids is 1. The molecule has 16 heavy (non-hydrogen) atoms. The summed E-state index contributed by atoms with van der Waals surface area (Å²) in [5.74, 6) is -1.14. The minimum Gasteiger partial charge on any atom is -0.478 e. The standard InChI is InChI=1S/C10H9N3O3/c1-13-5-11-4-8(13)7-3-12-9(14)2-6(7)10(15)16/h2-5H,1H3,(H,12,14)(H,15,16). The number of aromatic carboxylic acids is 1. The number of pyridine rings is 1. The number of H-pyrrole nitrogens is 1. The van der Waals surface area contributed by atoms with E-state index in [-0.39, 0.29) is 5.56 Å². The van der Waals surface area contributed by atoms with E-state index in [0.717, 1.165) is 6.07 Å². The SMILES string of the molecule is Cn1cncc1-c1c[nH]c(=O)cc1C(=O)O. The number of nitrogens with zero attached hydrogens (tertiary/aromatic N) is 2. The van der Waals surface area contributed by atoms with Crippen molar-refractivity contribution < 1.29 is 9.90 Å². The van der Waals surface area contributed by atoms with E-state index in [2.05, 4.69) is 9.97 Å². The molecule has 6 nitrogen and oxygen atoms in total. The molecule has 0 spiro atoms. The molecule has 0 atom stereocenters. The van der Waals surface area contributed by atoms with E-state index in [0.29, 0.717) is 11.3 Å². The van der Waals surface area contributed by atoms with Gasteiger partial charge in [-0.25, -0.2) is 9.78 Å². The lowest BCUT2D eigenvalue weighted by Crippen LogP contribution is -2.11. The summed E-state index contributed by atoms with van der Waals surface area (Å²) in [4.78, 5) is 28.4. The quantitative estimate of drug-likeness (QED) is 0.768. The number of aryl methyl sites for hydroxylation is 1. The summed E-state index contributed by atoms with van der Waals surface area (Å²) in [7, 11) is 1.75. The van der Waals surface area contributed by atoms with Gasteiger partial charge in [-0.3, -0.25) is 4.79 Å². The zero-order chi connectivity index (χ0) is 11.7. The van der Waals surface area contributed by atoms with Crippen molar-refractivity contribution in [1.82, 2.24) is 14.5 Å². The molecule has 0 fully saturated rings. The largest absolute Gasteiger partial charge is 0.478 e. The third kappa shape index (κ3) is 1.60. The van der Waals surface area contributed by atoms with Crippen LogP contribution >= 0.6 is 0 Å². The number of hydrogen-bond acceptors (Lipinski definition) is 3. The molecule has 0 aliphatic carbocycles. The van der Waals surface area contributed by atoms with Crippen molar-refractivity contribution in [1.29, 1.82) is 0 Å². The maximum absolute atomic E-state index is 11.1. The Hall–Kier alpha value is -2.37. The van der Waals surface area contributed by atoms with Gasteiger partial charge < -0.3 is 14.7 Å². The Morgan fingerprint density at radius 3 is 2.88 bits per heavy atom. The highest BCUT2D eigenvalue weighted by Gasteiger charge is 2.14. The van der Waals surface area contributed by atoms with Crippen LogP contribution in [0.4, 0.5) is 0 Å². The van der Waals surface area contributed by atoms with Crippen LogP contribution in [0.25, 0.3) is 11.3 Å². The summed E-state index contributed by atoms with van der Waals surface area (Å²) in [5, 5.41) is 9.00. The highest BCUT2D eigenvalue weighted by Crippen LogP contribution is 2.20. The van der Waals surface area contributed by atoms with Crippen LogP contribution < -0.4 is 5.56 Å². The van der Waals surface area contributed by atoms with Crippen LogP contribution in [0.2, 0.25) is 0 Å². The van der Waals surface area contributed by atoms with Crippen LogP contribution in [0, 0.1) is 0 Å². The molecule has 0 saturated heterocycles. The lowest BCUT2D eigenvalue weighted by Gasteiger charge is -2.05. The predicted molar refractivity (Wildman–Crippen MR) is 56.2 cm³/mol. The first-order chi connectivity index (χ1) is 7.59. The number of aromatic nitrogens is 3. The van der Waals surface area contributed by atoms with Crippen molar-refractivity contribution >= 4 is 5.97 Å². The highest BCUT2D eigenvalue weighted by molar-refractivity contribution is 5.95. The molecule has 6 heteroatoms. The summed E-state index contributed by atoms with van der Waals surface area (Å²) >= 11 is 0. The summed E-state index contributed by atoms with van der Waals surface area (Å²) in [5.41, 5.74) is 0.594. The Kier molecular flexibility index (Phi) is 2.32. The zero-order valence-electron chi connectivity index (χ0n) is 8.47. The van der Waals surface area contributed by atoms with Crippen LogP contribution in [0.3, 0.4) is 0 Å². The number of imidazole rings is 1. The summed E-state index contributed by atoms with van der Waals surface area (Å²) in [6, 6.07) is 1.06. The monoisotopic (exact) mass is 219 g/mol. The fourth-order valence-electron chi connectivity index (χ4n) is 1.48. The summed E-state index contributed by atoms with van der Waals surface area (Å²) in [6.45, 7) is 0. The molecule has 2 heterocycles. The van der Waals surface area contributed by atoms with Gasteiger partial charge in [0.15, 0.2) is 0 Å². The second-order valence-corrected chi connectivity index (χ2v) is 3.32. The Bertz CT molecular complexity index is 597. The Balaban J connectivity index is 2.70. The van der Waals surface area contributed by atoms with Gasteiger partial charge in [0.25, 0.3) is 0 Å². The molecular formula is C10H9N3O3. The Labute approximate surface area is 90.2 Å². The molecule has 82 valence electrons. The number of aromatic amines is 1. The fourth-order valence-corrected chi connectivity index (χ4v) is 1.48. The highest BCUT2D eigenvalue weighted by atomic mass is 16.4. The van der Waals surface area contributed by atoms with Gasteiger partial charge in [-0.05, 0) is 0 Å². The van der Waals surface area contributed by atoms with E-state index in [1.54, 1.807) is 24.1 Å². The average Bonchev–Trinajstić information content (AvgIpc) is 2.64. The first-order valence-electron chi connectivity index (χ1n) is 4.52. The topological polar surface area (TPSA) is 88.0 Å². The van der Waals surface area contributed by atoms with Crippen molar-refractivity contribution in [2.75, 3.05) is 0 Å². The fraction of sp³-hybridized carbons (Fsp3) is 0.100. The molecule has 0 aliphatic heterocycles. The minimum atomic E-state index is -1.14. The van der Waals surface area contributed by atoms with Crippen LogP contribution in [0.1, 0.15) is 10.4 Å². The van der Waals surface area contributed by atoms with Crippen LogP contribution in [0.15, 0.2) is 29.6 Å². The molecule has 0 bridgehead atoms. The molecule has 0 aliphatic rings. The van der Waals surface area contributed by atoms with Crippen molar-refractivity contribution in [3.05, 3.63) is 40.7 Å². The van der Waals surface area contributed by atoms with Crippen molar-refractivity contribution in [2.45, 2.75) is 0 Å². The number of nitrogens with one attached hydrogen (secondary N) is 1. The Morgan fingerprint density at radius 2 is 2.31 bits per heavy atom. The molecule has 2 aromatic heterocycles. The third-order valence-electron chi connectivity index (χ3n) is 2.25. The molecule has 0 unspecified atom stereocenters. The van der Waals surface area contributed by atoms with Gasteiger partial charge in [-0.2, -0.15) is 0 Å². The van der Waals surface area contributed by atoms with Gasteiger partial charge in [0.05, 0.1) is 23.8 Å². The molecule has 2 aromatic rings. The van der Waals surface area contributed by atoms with E-state index >= 15 is 0 Å². The maximum Gasteiger partial charge on any atom is 0.336 e. The number of hydrogen-bond donors (Lipinski definition) is 2. The van der Waals surface area contributed by atoms with E-state index in [1.165, 1.54) is 6.20 Å². The van der Waals surface area contributed by atoms with E-state index in [1.807, 2.05) is 0 Å². The molecule has 0 aromatic carbocycles. The molecule has 0 amide bonds. The van der Waals surface area contributed by atoms with E-state index in [4.69, 9.17) is 5.11 Å². The third-order valence-corrected chi connectivity index (χ3v) is 2.25. The average molecular weight is 219 g/mol. The Morgan fingerprint density at radius 1 is 1.56 bits per heavy atom. The van der Waals surface area contributed by atoms with Crippen molar-refractivity contribution in [3.63, 3.8) is 0 Å². The smallest absolute Gasteiger partial charge is 0.336 e. The second-order valence-electron chi connectivity index (χ2n) is 3.32. The first-order valence-corrected chi connectivity index (χ1v) is 4.52. The molecule has 2 rings (SSSR count). The van der Waals surface area contributed by atoms with Crippen LogP contribution in [-0.2, 0) is 7.05 Å². The van der Waals surface area contributed by atoms with Gasteiger partial charge in [-0.1, -0.05) is 0 Å². The van der Waals surface area contributed by atoms with Gasteiger partial charge in [0.1, 0.15) is 0 Å². The molecule has 0 radical (unpaired) electrons. The van der Waals surface area contributed by atoms with Crippen molar-refractivity contribution in [3.8, 4) is 11.3 Å². The molecule has 2 N–H and O–H groups in total. The molecular weight excluding hydrogens is 210 g/mol. The van der Waals surface area contributed by atoms with Crippen molar-refractivity contribution in [2.24, 2.45) is 7.05 Å². The number of carboxylic acid groups (broad SMARTS) is 1. The summed E-state index contributed by atoms with van der Waals surface area (Å²) < 4.78 is 1.68. The van der Waals surface area contributed by atoms with Crippen LogP contribution in [-0.4, -0.2) is 25.6 Å². The second kappa shape index (κ2) is 3.65. The van der Waals surface area contributed by atoms with Gasteiger partial charge in [-0.15, -0.1) is 0 Å². The lowest BCUT2D eigenvalue weighted by molar-refractivity contribution is 0.0697. The summed E-state index contributed by atoms with van der Waals surface area (Å²) in [6.07, 6.45) is 4.48. The predicted octanol–water partition coefficient (Wildman–Crippen LogP) is 0.474. The molecule has 0 saturated carbocycles. The number of rotatable bonds is 2. The normalized spacial score (nSPS) is 10.3. The number of carbonyl (C=O) groups is 1. The first kappa shape index (κ1) is 10.2. The minimum absolute atomic E-state index is 0.0349. The van der Waals surface area contributed by atoms with Crippen LogP contribution in [0.5, 0.6) is 0 Å². The van der Waals surface area contributed by atoms with Gasteiger partial charge in [0, 0.05) is 24.9 Å². The maximum atomic E-state index is 11.1. The van der Waals surface area contributed by atoms with Gasteiger partial charge >= 0.3 is 5.97 Å². The zero-order valence-corrected chi connectivity index (χ0v) is 8.47. The van der Waals surface area contributed by atoms with E-state index < -0.39 is 11.5 Å². The lowest BCUT2D eigenvalue weighted by atomic mass is 10.1. The van der Waals surface area contributed by atoms with E-state index in [9.17, 15) is 9.59 Å². The van der Waals surface area contributed by atoms with Gasteiger partial charge in [0.2, 0.25) is 5.56 Å².